The molecule has 6 heteroatoms. The second kappa shape index (κ2) is 9.75. The van der Waals surface area contributed by atoms with E-state index in [0.717, 1.165) is 48.7 Å². The van der Waals surface area contributed by atoms with Gasteiger partial charge in [0.15, 0.2) is 0 Å². The molecule has 1 saturated heterocycles. The van der Waals surface area contributed by atoms with Crippen molar-refractivity contribution < 1.29 is 28.8 Å². The zero-order valence-electron chi connectivity index (χ0n) is 21.3. The quantitative estimate of drug-likeness (QED) is 0.419. The van der Waals surface area contributed by atoms with Crippen LogP contribution in [0.3, 0.4) is 0 Å². The van der Waals surface area contributed by atoms with Crippen molar-refractivity contribution >= 4 is 5.97 Å². The number of hydrogen-bond donors (Lipinski definition) is 1. The van der Waals surface area contributed by atoms with E-state index in [9.17, 15) is 4.79 Å². The smallest absolute Gasteiger partial charge is 0.304 e. The molecular weight excluding hydrogens is 468 g/mol. The molecule has 3 aromatic carbocycles. The summed E-state index contributed by atoms with van der Waals surface area (Å²) in [5.74, 6) is 1.48. The molecule has 37 heavy (non-hydrogen) atoms. The molecule has 0 amide bonds. The third-order valence-electron chi connectivity index (χ3n) is 7.75. The predicted octanol–water partition coefficient (Wildman–Crippen LogP) is 6.16. The van der Waals surface area contributed by atoms with E-state index in [0.29, 0.717) is 13.2 Å². The van der Waals surface area contributed by atoms with Crippen LogP contribution in [0.1, 0.15) is 59.1 Å². The fourth-order valence-corrected chi connectivity index (χ4v) is 6.06. The van der Waals surface area contributed by atoms with Gasteiger partial charge in [-0.25, -0.2) is 0 Å². The molecule has 3 aromatic rings. The summed E-state index contributed by atoms with van der Waals surface area (Å²) in [4.78, 5) is 11.1. The van der Waals surface area contributed by atoms with Crippen molar-refractivity contribution in [1.29, 1.82) is 0 Å². The van der Waals surface area contributed by atoms with Crippen LogP contribution in [0.15, 0.2) is 48.5 Å². The topological polar surface area (TPSA) is 74.2 Å². The van der Waals surface area contributed by atoms with Crippen molar-refractivity contribution in [3.8, 4) is 28.4 Å². The van der Waals surface area contributed by atoms with Gasteiger partial charge in [0.25, 0.3) is 0 Å². The van der Waals surface area contributed by atoms with Crippen LogP contribution in [-0.2, 0) is 16.0 Å². The molecule has 192 valence electrons. The van der Waals surface area contributed by atoms with Gasteiger partial charge in [0.2, 0.25) is 0 Å². The maximum Gasteiger partial charge on any atom is 0.304 e. The maximum absolute atomic E-state index is 11.1. The number of fused-ring (bicyclic) bond motifs is 2. The minimum Gasteiger partial charge on any atom is -0.492 e. The largest absolute Gasteiger partial charge is 0.492 e. The molecule has 2 aliphatic heterocycles. The molecule has 0 radical (unpaired) electrons. The zero-order chi connectivity index (χ0) is 25.5. The van der Waals surface area contributed by atoms with Crippen LogP contribution in [0.2, 0.25) is 0 Å². The number of ether oxygens (including phenoxy) is 4. The second-order valence-electron chi connectivity index (χ2n) is 10.4. The number of aryl methyl sites for hydroxylation is 2. The fourth-order valence-electron chi connectivity index (χ4n) is 6.06. The van der Waals surface area contributed by atoms with Gasteiger partial charge in [-0.1, -0.05) is 24.3 Å². The van der Waals surface area contributed by atoms with Gasteiger partial charge in [0.05, 0.1) is 26.2 Å². The van der Waals surface area contributed by atoms with Crippen molar-refractivity contribution in [3.05, 3.63) is 76.3 Å². The summed E-state index contributed by atoms with van der Waals surface area (Å²) >= 11 is 0. The molecule has 3 atom stereocenters. The molecule has 6 rings (SSSR count). The molecule has 0 aromatic heterocycles. The third kappa shape index (κ3) is 4.66. The molecular formula is C31H32O6. The van der Waals surface area contributed by atoms with Gasteiger partial charge in [0.1, 0.15) is 29.5 Å². The lowest BCUT2D eigenvalue weighted by Gasteiger charge is -2.19. The van der Waals surface area contributed by atoms with Crippen LogP contribution < -0.4 is 14.2 Å². The highest BCUT2D eigenvalue weighted by Gasteiger charge is 2.30. The van der Waals surface area contributed by atoms with E-state index in [1.165, 1.54) is 33.4 Å². The van der Waals surface area contributed by atoms with Crippen LogP contribution in [0.5, 0.6) is 17.2 Å². The normalized spacial score (nSPS) is 21.8. The first-order valence-corrected chi connectivity index (χ1v) is 13.1. The SMILES string of the molecule is Cc1cc(OC2CCOC2)cc(C)c1-c1cccc2c1CCC2Oc1ccc2c(c1)OCC2CC(=O)O. The van der Waals surface area contributed by atoms with E-state index in [2.05, 4.69) is 44.2 Å². The number of aliphatic carboxylic acids is 1. The van der Waals surface area contributed by atoms with Gasteiger partial charge in [0, 0.05) is 24.0 Å². The van der Waals surface area contributed by atoms with Crippen LogP contribution in [0.25, 0.3) is 11.1 Å². The summed E-state index contributed by atoms with van der Waals surface area (Å²) in [6.45, 7) is 6.14. The number of rotatable bonds is 7. The number of carbonyl (C=O) groups is 1. The van der Waals surface area contributed by atoms with Crippen LogP contribution in [-0.4, -0.2) is 37.0 Å². The Morgan fingerprint density at radius 3 is 2.57 bits per heavy atom. The van der Waals surface area contributed by atoms with Crippen LogP contribution >= 0.6 is 0 Å². The van der Waals surface area contributed by atoms with Gasteiger partial charge in [-0.3, -0.25) is 4.79 Å². The van der Waals surface area contributed by atoms with Gasteiger partial charge in [-0.2, -0.15) is 0 Å². The highest BCUT2D eigenvalue weighted by molar-refractivity contribution is 5.76. The van der Waals surface area contributed by atoms with E-state index in [1.54, 1.807) is 0 Å². The fraction of sp³-hybridized carbons (Fsp3) is 0.387. The summed E-state index contributed by atoms with van der Waals surface area (Å²) in [7, 11) is 0. The number of carboxylic acid groups (broad SMARTS) is 1. The zero-order valence-corrected chi connectivity index (χ0v) is 21.3. The third-order valence-corrected chi connectivity index (χ3v) is 7.75. The van der Waals surface area contributed by atoms with Gasteiger partial charge >= 0.3 is 5.97 Å². The molecule has 0 spiro atoms. The summed E-state index contributed by atoms with van der Waals surface area (Å²) in [5.41, 5.74) is 8.46. The van der Waals surface area contributed by atoms with E-state index < -0.39 is 5.97 Å². The first-order chi connectivity index (χ1) is 18.0. The lowest BCUT2D eigenvalue weighted by Crippen LogP contribution is -2.15. The Morgan fingerprint density at radius 2 is 1.81 bits per heavy atom. The Kier molecular flexibility index (Phi) is 6.29. The lowest BCUT2D eigenvalue weighted by molar-refractivity contribution is -0.137. The number of benzene rings is 3. The summed E-state index contributed by atoms with van der Waals surface area (Å²) in [6, 6.07) is 16.6. The highest BCUT2D eigenvalue weighted by atomic mass is 16.5. The van der Waals surface area contributed by atoms with Crippen LogP contribution in [0.4, 0.5) is 0 Å². The van der Waals surface area contributed by atoms with Crippen molar-refractivity contribution in [2.24, 2.45) is 0 Å². The first-order valence-electron chi connectivity index (χ1n) is 13.1. The Morgan fingerprint density at radius 1 is 0.973 bits per heavy atom. The Bertz CT molecular complexity index is 1320. The standard InChI is InChI=1S/C31H32O6/c1-18-12-23(36-22-10-11-34-17-22)13-19(2)31(18)27-5-3-4-26-25(27)8-9-28(26)37-21-6-7-24-20(14-30(32)33)16-35-29(24)15-21/h3-7,12-13,15,20,22,28H,8-11,14,16-17H2,1-2H3,(H,32,33). The van der Waals surface area contributed by atoms with Crippen molar-refractivity contribution in [1.82, 2.24) is 0 Å². The minimum absolute atomic E-state index is 0.0326. The van der Waals surface area contributed by atoms with E-state index in [-0.39, 0.29) is 24.5 Å². The molecule has 0 bridgehead atoms. The van der Waals surface area contributed by atoms with E-state index in [1.807, 2.05) is 18.2 Å². The van der Waals surface area contributed by atoms with Crippen molar-refractivity contribution in [2.75, 3.05) is 19.8 Å². The molecule has 3 unspecified atom stereocenters. The Balaban J connectivity index is 1.23. The van der Waals surface area contributed by atoms with Crippen molar-refractivity contribution in [3.63, 3.8) is 0 Å². The minimum atomic E-state index is -0.809. The van der Waals surface area contributed by atoms with Gasteiger partial charge < -0.3 is 24.1 Å². The van der Waals surface area contributed by atoms with Gasteiger partial charge in [-0.05, 0) is 78.3 Å². The van der Waals surface area contributed by atoms with E-state index in [4.69, 9.17) is 24.1 Å². The first kappa shape index (κ1) is 23.9. The molecule has 1 aliphatic carbocycles. The average molecular weight is 501 g/mol. The molecule has 0 saturated carbocycles. The summed E-state index contributed by atoms with van der Waals surface area (Å²) < 4.78 is 23.9. The number of hydrogen-bond acceptors (Lipinski definition) is 5. The Labute approximate surface area is 217 Å². The predicted molar refractivity (Wildman–Crippen MR) is 140 cm³/mol. The summed E-state index contributed by atoms with van der Waals surface area (Å²) in [6.07, 6.45) is 2.98. The molecule has 6 nitrogen and oxygen atoms in total. The highest BCUT2D eigenvalue weighted by Crippen LogP contribution is 2.44. The van der Waals surface area contributed by atoms with E-state index >= 15 is 0 Å². The molecule has 2 heterocycles. The molecule has 1 fully saturated rings. The van der Waals surface area contributed by atoms with Crippen LogP contribution in [0, 0.1) is 13.8 Å². The molecule has 3 aliphatic rings. The van der Waals surface area contributed by atoms with Crippen molar-refractivity contribution in [2.45, 2.75) is 57.7 Å². The monoisotopic (exact) mass is 500 g/mol. The molecule has 1 N–H and O–H groups in total. The number of carboxylic acids is 1. The maximum atomic E-state index is 11.1. The lowest BCUT2D eigenvalue weighted by atomic mass is 9.90. The Hall–Kier alpha value is -3.51. The summed E-state index contributed by atoms with van der Waals surface area (Å²) in [5, 5.41) is 9.16. The second-order valence-corrected chi connectivity index (χ2v) is 10.4. The average Bonchev–Trinajstić information content (AvgIpc) is 3.60. The van der Waals surface area contributed by atoms with Gasteiger partial charge in [-0.15, -0.1) is 0 Å².